The molecule has 2 atom stereocenters. The predicted octanol–water partition coefficient (Wildman–Crippen LogP) is 0.710. The fraction of sp³-hybridized carbons (Fsp3) is 0.500. The minimum absolute atomic E-state index is 0.0567. The van der Waals surface area contributed by atoms with Crippen molar-refractivity contribution in [3.05, 3.63) is 12.7 Å². The Morgan fingerprint density at radius 3 is 2.64 bits per heavy atom. The Labute approximate surface area is 80.6 Å². The summed E-state index contributed by atoms with van der Waals surface area (Å²) < 4.78 is 17.1. The lowest BCUT2D eigenvalue weighted by atomic mass is 10.2. The van der Waals surface area contributed by atoms with E-state index in [-0.39, 0.29) is 6.61 Å². The third-order valence-electron chi connectivity index (χ3n) is 1.33. The summed E-state index contributed by atoms with van der Waals surface area (Å²) >= 11 is 0. The van der Waals surface area contributed by atoms with Crippen molar-refractivity contribution in [3.8, 4) is 0 Å². The Morgan fingerprint density at radius 2 is 2.29 bits per heavy atom. The van der Waals surface area contributed by atoms with Gasteiger partial charge in [0.25, 0.3) is 0 Å². The van der Waals surface area contributed by atoms with Gasteiger partial charge < -0.3 is 15.2 Å². The molecule has 0 aromatic heterocycles. The van der Waals surface area contributed by atoms with Crippen LogP contribution < -0.4 is 5.32 Å². The molecule has 0 radical (unpaired) electrons. The number of hydrogen-bond acceptors (Lipinski definition) is 3. The first kappa shape index (κ1) is 12.4. The number of amides is 1. The minimum Gasteiger partial charge on any atom is -0.480 e. The molecule has 0 aliphatic carbocycles. The van der Waals surface area contributed by atoms with E-state index in [2.05, 4.69) is 11.3 Å². The van der Waals surface area contributed by atoms with Gasteiger partial charge in [-0.25, -0.2) is 14.0 Å². The van der Waals surface area contributed by atoms with Crippen molar-refractivity contribution < 1.29 is 23.8 Å². The number of alkyl carbamates (subject to hydrolysis) is 1. The maximum absolute atomic E-state index is 12.6. The van der Waals surface area contributed by atoms with Crippen LogP contribution in [0.15, 0.2) is 12.7 Å². The number of halogens is 1. The first-order valence-electron chi connectivity index (χ1n) is 3.90. The van der Waals surface area contributed by atoms with Crippen molar-refractivity contribution in [2.24, 2.45) is 0 Å². The van der Waals surface area contributed by atoms with Crippen LogP contribution in [0.25, 0.3) is 0 Å². The van der Waals surface area contributed by atoms with E-state index in [0.717, 1.165) is 6.92 Å². The molecule has 5 nitrogen and oxygen atoms in total. The number of carboxylic acids is 1. The normalized spacial score (nSPS) is 13.9. The number of nitrogens with one attached hydrogen (secondary N) is 1. The minimum atomic E-state index is -1.69. The number of rotatable bonds is 5. The zero-order valence-corrected chi connectivity index (χ0v) is 7.70. The van der Waals surface area contributed by atoms with E-state index in [1.807, 2.05) is 5.32 Å². The van der Waals surface area contributed by atoms with Gasteiger partial charge in [0, 0.05) is 0 Å². The van der Waals surface area contributed by atoms with E-state index in [9.17, 15) is 14.0 Å². The van der Waals surface area contributed by atoms with Crippen molar-refractivity contribution in [2.75, 3.05) is 6.61 Å². The van der Waals surface area contributed by atoms with Gasteiger partial charge in [0.1, 0.15) is 12.8 Å². The van der Waals surface area contributed by atoms with E-state index in [1.54, 1.807) is 0 Å². The number of carboxylic acid groups (broad SMARTS) is 1. The van der Waals surface area contributed by atoms with Crippen LogP contribution >= 0.6 is 0 Å². The summed E-state index contributed by atoms with van der Waals surface area (Å²) in [6, 6.07) is -1.59. The molecule has 1 amide bonds. The molecule has 0 spiro atoms. The highest BCUT2D eigenvalue weighted by molar-refractivity contribution is 5.80. The van der Waals surface area contributed by atoms with Crippen molar-refractivity contribution in [1.29, 1.82) is 0 Å². The maximum Gasteiger partial charge on any atom is 0.408 e. The Kier molecular flexibility index (Phi) is 5.28. The topological polar surface area (TPSA) is 75.6 Å². The second-order valence-electron chi connectivity index (χ2n) is 2.52. The summed E-state index contributed by atoms with van der Waals surface area (Å²) in [6.45, 7) is 4.26. The van der Waals surface area contributed by atoms with Crippen molar-refractivity contribution in [1.82, 2.24) is 5.32 Å². The van der Waals surface area contributed by atoms with Gasteiger partial charge in [0.05, 0.1) is 0 Å². The summed E-state index contributed by atoms with van der Waals surface area (Å²) in [6.07, 6.45) is -1.36. The maximum atomic E-state index is 12.6. The average Bonchev–Trinajstić information content (AvgIpc) is 2.09. The Morgan fingerprint density at radius 1 is 1.71 bits per heavy atom. The first-order valence-corrected chi connectivity index (χ1v) is 3.90. The molecule has 80 valence electrons. The number of aliphatic carboxylic acids is 1. The van der Waals surface area contributed by atoms with Gasteiger partial charge in [-0.3, -0.25) is 0 Å². The summed E-state index contributed by atoms with van der Waals surface area (Å²) in [5.41, 5.74) is 0. The number of carbonyl (C=O) groups excluding carboxylic acids is 1. The molecule has 0 saturated carbocycles. The van der Waals surface area contributed by atoms with Gasteiger partial charge in [-0.1, -0.05) is 12.7 Å². The molecule has 14 heavy (non-hydrogen) atoms. The number of carbonyl (C=O) groups is 2. The number of alkyl halides is 1. The van der Waals surface area contributed by atoms with E-state index in [1.165, 1.54) is 6.08 Å². The smallest absolute Gasteiger partial charge is 0.408 e. The third kappa shape index (κ3) is 4.44. The van der Waals surface area contributed by atoms with Crippen molar-refractivity contribution >= 4 is 12.1 Å². The van der Waals surface area contributed by atoms with Gasteiger partial charge in [0.2, 0.25) is 0 Å². The molecule has 0 aliphatic heterocycles. The van der Waals surface area contributed by atoms with Crippen LogP contribution in [0.2, 0.25) is 0 Å². The second-order valence-corrected chi connectivity index (χ2v) is 2.52. The molecule has 0 fully saturated rings. The van der Waals surface area contributed by atoms with Crippen LogP contribution in [-0.2, 0) is 9.53 Å². The van der Waals surface area contributed by atoms with E-state index >= 15 is 0 Å². The molecule has 6 heteroatoms. The fourth-order valence-electron chi connectivity index (χ4n) is 0.676. The molecular weight excluding hydrogens is 193 g/mol. The molecule has 0 aromatic carbocycles. The molecule has 0 unspecified atom stereocenters. The zero-order chi connectivity index (χ0) is 11.1. The largest absolute Gasteiger partial charge is 0.480 e. The van der Waals surface area contributed by atoms with Crippen molar-refractivity contribution in [2.45, 2.75) is 19.1 Å². The molecule has 0 heterocycles. The van der Waals surface area contributed by atoms with Crippen LogP contribution in [0.1, 0.15) is 6.92 Å². The van der Waals surface area contributed by atoms with Gasteiger partial charge in [-0.05, 0) is 6.92 Å². The molecule has 0 saturated heterocycles. The van der Waals surface area contributed by atoms with Gasteiger partial charge in [0.15, 0.2) is 6.04 Å². The lowest BCUT2D eigenvalue weighted by Crippen LogP contribution is -2.46. The summed E-state index contributed by atoms with van der Waals surface area (Å²) in [7, 11) is 0. The average molecular weight is 205 g/mol. The zero-order valence-electron chi connectivity index (χ0n) is 7.70. The third-order valence-corrected chi connectivity index (χ3v) is 1.33. The second kappa shape index (κ2) is 5.95. The number of hydrogen-bond donors (Lipinski definition) is 2. The lowest BCUT2D eigenvalue weighted by molar-refractivity contribution is -0.140. The molecule has 0 aromatic rings. The van der Waals surface area contributed by atoms with Crippen molar-refractivity contribution in [3.63, 3.8) is 0 Å². The molecular formula is C8H12FNO4. The highest BCUT2D eigenvalue weighted by Gasteiger charge is 2.26. The van der Waals surface area contributed by atoms with E-state index in [0.29, 0.717) is 0 Å². The highest BCUT2D eigenvalue weighted by atomic mass is 19.1. The SMILES string of the molecule is C=CCOC(=O)N[C@@H](C(=O)O)[C@@H](C)F. The lowest BCUT2D eigenvalue weighted by Gasteiger charge is -2.14. The monoisotopic (exact) mass is 205 g/mol. The van der Waals surface area contributed by atoms with E-state index < -0.39 is 24.3 Å². The van der Waals surface area contributed by atoms with Crippen LogP contribution in [0.5, 0.6) is 0 Å². The van der Waals surface area contributed by atoms with Gasteiger partial charge in [-0.15, -0.1) is 0 Å². The van der Waals surface area contributed by atoms with Gasteiger partial charge >= 0.3 is 12.1 Å². The van der Waals surface area contributed by atoms with E-state index in [4.69, 9.17) is 5.11 Å². The summed E-state index contributed by atoms with van der Waals surface area (Å²) in [5.74, 6) is -1.45. The highest BCUT2D eigenvalue weighted by Crippen LogP contribution is 1.98. The first-order chi connectivity index (χ1) is 6.49. The van der Waals surface area contributed by atoms with Crippen LogP contribution in [0.3, 0.4) is 0 Å². The summed E-state index contributed by atoms with van der Waals surface area (Å²) in [5, 5.41) is 10.4. The van der Waals surface area contributed by atoms with Gasteiger partial charge in [-0.2, -0.15) is 0 Å². The molecule has 2 N–H and O–H groups in total. The Balaban J connectivity index is 4.09. The quantitative estimate of drug-likeness (QED) is 0.648. The van der Waals surface area contributed by atoms with Crippen LogP contribution in [0, 0.1) is 0 Å². The molecule has 0 bridgehead atoms. The van der Waals surface area contributed by atoms with Crippen LogP contribution in [0.4, 0.5) is 9.18 Å². The molecule has 0 rings (SSSR count). The summed E-state index contributed by atoms with van der Waals surface area (Å²) in [4.78, 5) is 21.2. The number of ether oxygens (including phenoxy) is 1. The Bertz CT molecular complexity index is 229. The van der Waals surface area contributed by atoms with Crippen LogP contribution in [-0.4, -0.2) is 36.0 Å². The predicted molar refractivity (Wildman–Crippen MR) is 46.7 cm³/mol. The Hall–Kier alpha value is -1.59. The standard InChI is InChI=1S/C8H12FNO4/c1-3-4-14-8(13)10-6(5(2)9)7(11)12/h3,5-6H,1,4H2,2H3,(H,10,13)(H,11,12)/t5-,6-/m1/s1. The molecule has 0 aliphatic rings. The fourth-order valence-corrected chi connectivity index (χ4v) is 0.676.